The molecule has 246 valence electrons. The first-order valence-electron chi connectivity index (χ1n) is 17.0. The van der Waals surface area contributed by atoms with Crippen LogP contribution >= 0.6 is 0 Å². The van der Waals surface area contributed by atoms with Crippen LogP contribution in [0.15, 0.2) is 103 Å². The summed E-state index contributed by atoms with van der Waals surface area (Å²) in [6.45, 7) is 5.70. The van der Waals surface area contributed by atoms with Crippen LogP contribution in [0.2, 0.25) is 0 Å². The maximum Gasteiger partial charge on any atom is 0.271 e. The number of rotatable bonds is 9. The molecule has 0 aliphatic carbocycles. The number of benzene rings is 4. The summed E-state index contributed by atoms with van der Waals surface area (Å²) in [5, 5.41) is 12.6. The molecular weight excluding hydrogens is 600 g/mol. The number of nitrogens with zero attached hydrogens (tertiary/aromatic N) is 3. The Bertz CT molecular complexity index is 1860. The minimum Gasteiger partial charge on any atom is -0.392 e. The summed E-state index contributed by atoms with van der Waals surface area (Å²) >= 11 is 0. The highest BCUT2D eigenvalue weighted by atomic mass is 16.7. The standard InChI is InChI=1S/C40H42N4O4/c1-27-37(25-44-19-5-2-6-20-44)47-40(48-38(27)30-17-15-28(26-45)16-18-30)33-12-8-11-32(22-33)31-10-7-9-29(21-31)23-42-39(46)36-24-41-34-13-3-4-14-35(34)43-36/h3-4,7-18,21-22,24,27,37-38,40,45H,2,5-6,19-20,23,25-26H2,1H3,(H,42,46)/t27-,37+,38+,40+/m1/s1. The Morgan fingerprint density at radius 1 is 0.833 bits per heavy atom. The zero-order valence-electron chi connectivity index (χ0n) is 27.3. The van der Waals surface area contributed by atoms with E-state index in [9.17, 15) is 9.90 Å². The van der Waals surface area contributed by atoms with E-state index in [4.69, 9.17) is 9.47 Å². The number of likely N-dealkylation sites (tertiary alicyclic amines) is 1. The van der Waals surface area contributed by atoms with E-state index < -0.39 is 6.29 Å². The van der Waals surface area contributed by atoms with Crippen molar-refractivity contribution in [3.63, 3.8) is 0 Å². The number of hydrogen-bond acceptors (Lipinski definition) is 7. The number of piperidine rings is 1. The van der Waals surface area contributed by atoms with Gasteiger partial charge in [-0.3, -0.25) is 9.78 Å². The maximum atomic E-state index is 12.9. The number of aliphatic hydroxyl groups excluding tert-OH is 1. The van der Waals surface area contributed by atoms with Crippen LogP contribution in [0.3, 0.4) is 0 Å². The van der Waals surface area contributed by atoms with Crippen LogP contribution in [0.25, 0.3) is 22.2 Å². The van der Waals surface area contributed by atoms with E-state index in [1.165, 1.54) is 25.5 Å². The molecule has 5 aromatic rings. The van der Waals surface area contributed by atoms with Crippen molar-refractivity contribution in [2.75, 3.05) is 19.6 Å². The molecule has 8 nitrogen and oxygen atoms in total. The zero-order valence-corrected chi connectivity index (χ0v) is 27.3. The van der Waals surface area contributed by atoms with Gasteiger partial charge in [0, 0.05) is 24.6 Å². The predicted octanol–water partition coefficient (Wildman–Crippen LogP) is 7.00. The summed E-state index contributed by atoms with van der Waals surface area (Å²) in [5.74, 6) is -0.111. The lowest BCUT2D eigenvalue weighted by molar-refractivity contribution is -0.276. The van der Waals surface area contributed by atoms with Gasteiger partial charge < -0.3 is 24.8 Å². The molecule has 0 radical (unpaired) electrons. The number of fused-ring (bicyclic) bond motifs is 1. The molecule has 2 aliphatic heterocycles. The number of amides is 1. The number of ether oxygens (including phenoxy) is 2. The van der Waals surface area contributed by atoms with Gasteiger partial charge in [-0.1, -0.05) is 86.1 Å². The summed E-state index contributed by atoms with van der Waals surface area (Å²) in [6.07, 6.45) is 4.61. The highest BCUT2D eigenvalue weighted by molar-refractivity contribution is 5.93. The smallest absolute Gasteiger partial charge is 0.271 e. The molecule has 4 atom stereocenters. The number of aliphatic hydroxyl groups is 1. The van der Waals surface area contributed by atoms with Crippen molar-refractivity contribution in [1.82, 2.24) is 20.2 Å². The zero-order chi connectivity index (χ0) is 32.9. The van der Waals surface area contributed by atoms with Crippen LogP contribution < -0.4 is 5.32 Å². The Kier molecular flexibility index (Phi) is 9.86. The van der Waals surface area contributed by atoms with E-state index >= 15 is 0 Å². The van der Waals surface area contributed by atoms with Crippen molar-refractivity contribution in [1.29, 1.82) is 0 Å². The lowest BCUT2D eigenvalue weighted by Gasteiger charge is -2.43. The topological polar surface area (TPSA) is 96.8 Å². The van der Waals surface area contributed by atoms with Gasteiger partial charge in [0.2, 0.25) is 0 Å². The molecule has 0 spiro atoms. The number of aromatic nitrogens is 2. The van der Waals surface area contributed by atoms with E-state index in [2.05, 4.69) is 69.6 Å². The Balaban J connectivity index is 1.09. The first kappa shape index (κ1) is 32.1. The van der Waals surface area contributed by atoms with Crippen molar-refractivity contribution in [3.05, 3.63) is 131 Å². The van der Waals surface area contributed by atoms with Crippen molar-refractivity contribution < 1.29 is 19.4 Å². The van der Waals surface area contributed by atoms with E-state index in [-0.39, 0.29) is 30.6 Å². The van der Waals surface area contributed by atoms with E-state index in [1.54, 1.807) is 0 Å². The summed E-state index contributed by atoms with van der Waals surface area (Å²) in [5.41, 5.74) is 7.75. The average Bonchev–Trinajstić information content (AvgIpc) is 3.15. The molecule has 2 fully saturated rings. The largest absolute Gasteiger partial charge is 0.392 e. The summed E-state index contributed by atoms with van der Waals surface area (Å²) < 4.78 is 13.5. The molecule has 2 saturated heterocycles. The number of nitrogens with one attached hydrogen (secondary N) is 1. The predicted molar refractivity (Wildman–Crippen MR) is 186 cm³/mol. The molecule has 0 saturated carbocycles. The molecule has 2 N–H and O–H groups in total. The van der Waals surface area contributed by atoms with E-state index in [1.807, 2.05) is 54.6 Å². The Hall–Kier alpha value is -4.47. The van der Waals surface area contributed by atoms with Crippen LogP contribution in [0.5, 0.6) is 0 Å². The van der Waals surface area contributed by atoms with Gasteiger partial charge in [0.05, 0.1) is 36.0 Å². The monoisotopic (exact) mass is 642 g/mol. The van der Waals surface area contributed by atoms with E-state index in [0.717, 1.165) is 58.5 Å². The molecule has 1 aromatic heterocycles. The summed E-state index contributed by atoms with van der Waals surface area (Å²) in [4.78, 5) is 24.3. The summed E-state index contributed by atoms with van der Waals surface area (Å²) in [6, 6.07) is 32.1. The molecule has 2 aliphatic rings. The van der Waals surface area contributed by atoms with Crippen molar-refractivity contribution in [3.8, 4) is 11.1 Å². The Morgan fingerprint density at radius 2 is 1.58 bits per heavy atom. The average molecular weight is 643 g/mol. The van der Waals surface area contributed by atoms with Gasteiger partial charge in [-0.2, -0.15) is 0 Å². The molecular formula is C40H42N4O4. The molecule has 0 unspecified atom stereocenters. The van der Waals surface area contributed by atoms with Gasteiger partial charge in [-0.15, -0.1) is 0 Å². The molecule has 3 heterocycles. The molecule has 1 amide bonds. The first-order chi connectivity index (χ1) is 23.5. The number of carbonyl (C=O) groups excluding carboxylic acids is 1. The normalized spacial score (nSPS) is 21.6. The maximum absolute atomic E-state index is 12.9. The highest BCUT2D eigenvalue weighted by Gasteiger charge is 2.39. The van der Waals surface area contributed by atoms with Gasteiger partial charge >= 0.3 is 0 Å². The molecule has 8 heteroatoms. The molecule has 0 bridgehead atoms. The van der Waals surface area contributed by atoms with Crippen LogP contribution in [0.4, 0.5) is 0 Å². The fraction of sp³-hybridized carbons (Fsp3) is 0.325. The lowest BCUT2D eigenvalue weighted by atomic mass is 9.89. The molecule has 4 aromatic carbocycles. The van der Waals surface area contributed by atoms with Crippen LogP contribution in [-0.4, -0.2) is 51.6 Å². The molecule has 7 rings (SSSR count). The van der Waals surface area contributed by atoms with Gasteiger partial charge in [0.1, 0.15) is 5.69 Å². The molecule has 48 heavy (non-hydrogen) atoms. The fourth-order valence-corrected chi connectivity index (χ4v) is 6.79. The van der Waals surface area contributed by atoms with Crippen LogP contribution in [0, 0.1) is 5.92 Å². The van der Waals surface area contributed by atoms with Gasteiger partial charge in [0.25, 0.3) is 5.91 Å². The van der Waals surface area contributed by atoms with Gasteiger partial charge in [0.15, 0.2) is 6.29 Å². The quantitative estimate of drug-likeness (QED) is 0.179. The number of para-hydroxylation sites is 2. The second-order valence-electron chi connectivity index (χ2n) is 12.9. The second-order valence-corrected chi connectivity index (χ2v) is 12.9. The minimum atomic E-state index is -0.524. The van der Waals surface area contributed by atoms with Crippen molar-refractivity contribution >= 4 is 16.9 Å². The number of hydrogen-bond donors (Lipinski definition) is 2. The SMILES string of the molecule is C[C@@H]1[C@H](CN2CCCCC2)O[C@H](c2cccc(-c3cccc(CNC(=O)c4cnc5ccccc5n4)c3)c2)O[C@@H]1c1ccc(CO)cc1. The van der Waals surface area contributed by atoms with Crippen LogP contribution in [-0.2, 0) is 22.6 Å². The third-order valence-electron chi connectivity index (χ3n) is 9.56. The fourth-order valence-electron chi connectivity index (χ4n) is 6.79. The van der Waals surface area contributed by atoms with Gasteiger partial charge in [-0.25, -0.2) is 4.98 Å². The van der Waals surface area contributed by atoms with Crippen molar-refractivity contribution in [2.24, 2.45) is 5.92 Å². The summed E-state index contributed by atoms with van der Waals surface area (Å²) in [7, 11) is 0. The van der Waals surface area contributed by atoms with E-state index in [0.29, 0.717) is 17.8 Å². The van der Waals surface area contributed by atoms with Crippen molar-refractivity contribution in [2.45, 2.75) is 57.8 Å². The highest BCUT2D eigenvalue weighted by Crippen LogP contribution is 2.42. The minimum absolute atomic E-state index is 0.00672. The van der Waals surface area contributed by atoms with Crippen LogP contribution in [0.1, 0.15) is 71.3 Å². The Morgan fingerprint density at radius 3 is 2.38 bits per heavy atom. The third-order valence-corrected chi connectivity index (χ3v) is 9.56. The first-order valence-corrected chi connectivity index (χ1v) is 17.0. The van der Waals surface area contributed by atoms with Gasteiger partial charge in [-0.05, 0) is 78.0 Å². The number of carbonyl (C=O) groups is 1. The lowest BCUT2D eigenvalue weighted by Crippen LogP contribution is -2.45. The Labute approximate surface area is 281 Å². The third kappa shape index (κ3) is 7.32. The second kappa shape index (κ2) is 14.7.